The third-order valence-electron chi connectivity index (χ3n) is 7.03. The summed E-state index contributed by atoms with van der Waals surface area (Å²) < 4.78 is 43.8. The van der Waals surface area contributed by atoms with Crippen molar-refractivity contribution in [2.45, 2.75) is 60.3 Å². The number of nitrogens with one attached hydrogen (secondary N) is 2. The molecule has 1 aliphatic carbocycles. The molecule has 0 bridgehead atoms. The minimum Gasteiger partial charge on any atom is -0.461 e. The standard InChI is InChI=1S/C25H29F3N4O5S2/c1-37-23(35)39-22-30-12-19(38-22)24(36)8-5-18(6-9-24)32-10-7-17(14-32)31-20(33)13-29-21(34)15-3-2-4-16(11-15)25(26,27)28/h2-4,11-12,17-18,36H,5-10,13-14H2,1H3,(H,29,34)(H,31,33)/t17-,18?,24?/m1/s1. The molecule has 2 heterocycles. The lowest BCUT2D eigenvalue weighted by Gasteiger charge is -2.39. The van der Waals surface area contributed by atoms with E-state index in [1.807, 2.05) is 0 Å². The minimum absolute atomic E-state index is 0.108. The van der Waals surface area contributed by atoms with Crippen LogP contribution in [0, 0.1) is 0 Å². The highest BCUT2D eigenvalue weighted by molar-refractivity contribution is 8.14. The van der Waals surface area contributed by atoms with Crippen molar-refractivity contribution in [1.82, 2.24) is 20.5 Å². The van der Waals surface area contributed by atoms with Crippen LogP contribution in [-0.4, -0.2) is 70.9 Å². The average Bonchev–Trinajstić information content (AvgIpc) is 3.57. The summed E-state index contributed by atoms with van der Waals surface area (Å²) >= 11 is 2.18. The Kier molecular flexibility index (Phi) is 9.19. The number of thioether (sulfide) groups is 1. The van der Waals surface area contributed by atoms with Crippen molar-refractivity contribution >= 4 is 40.2 Å². The highest BCUT2D eigenvalue weighted by Gasteiger charge is 2.40. The van der Waals surface area contributed by atoms with Gasteiger partial charge in [0.25, 0.3) is 5.91 Å². The number of halogens is 3. The van der Waals surface area contributed by atoms with E-state index in [-0.39, 0.29) is 24.2 Å². The number of methoxy groups -OCH3 is 1. The first-order valence-corrected chi connectivity index (χ1v) is 14.0. The molecule has 1 aromatic carbocycles. The van der Waals surface area contributed by atoms with Crippen molar-refractivity contribution in [3.8, 4) is 0 Å². The zero-order chi connectivity index (χ0) is 28.2. The van der Waals surface area contributed by atoms with E-state index in [1.165, 1.54) is 24.5 Å². The third-order valence-corrected chi connectivity index (χ3v) is 9.12. The molecule has 3 N–H and O–H groups in total. The molecule has 1 aliphatic heterocycles. The molecule has 2 amide bonds. The molecular weight excluding hydrogens is 557 g/mol. The second-order valence-electron chi connectivity index (χ2n) is 9.62. The van der Waals surface area contributed by atoms with Gasteiger partial charge in [0.2, 0.25) is 5.91 Å². The number of hydrogen-bond donors (Lipinski definition) is 3. The number of aromatic nitrogens is 1. The van der Waals surface area contributed by atoms with Crippen LogP contribution in [-0.2, 0) is 21.3 Å². The first-order chi connectivity index (χ1) is 18.5. The second-order valence-corrected chi connectivity index (χ2v) is 11.8. The van der Waals surface area contributed by atoms with Crippen LogP contribution >= 0.6 is 23.1 Å². The molecule has 1 aromatic heterocycles. The quantitative estimate of drug-likeness (QED) is 0.331. The molecule has 1 atom stereocenters. The number of likely N-dealkylation sites (tertiary alicyclic amines) is 1. The Morgan fingerprint density at radius 1 is 1.26 bits per heavy atom. The number of benzene rings is 1. The first-order valence-electron chi connectivity index (χ1n) is 12.4. The van der Waals surface area contributed by atoms with E-state index in [0.717, 1.165) is 60.6 Å². The minimum atomic E-state index is -4.56. The molecule has 1 saturated carbocycles. The fourth-order valence-corrected chi connectivity index (χ4v) is 6.70. The Morgan fingerprint density at radius 2 is 2.00 bits per heavy atom. The van der Waals surface area contributed by atoms with Gasteiger partial charge in [0.1, 0.15) is 5.60 Å². The summed E-state index contributed by atoms with van der Waals surface area (Å²) in [6.45, 7) is 1.08. The number of thiazole rings is 1. The highest BCUT2D eigenvalue weighted by atomic mass is 32.2. The van der Waals surface area contributed by atoms with Gasteiger partial charge in [0, 0.05) is 48.7 Å². The van der Waals surface area contributed by atoms with Gasteiger partial charge < -0.3 is 20.5 Å². The van der Waals surface area contributed by atoms with Gasteiger partial charge in [-0.1, -0.05) is 6.07 Å². The van der Waals surface area contributed by atoms with Crippen LogP contribution in [0.25, 0.3) is 0 Å². The SMILES string of the molecule is COC(=O)Sc1ncc(C2(O)CCC(N3CC[C@@H](NC(=O)CNC(=O)c4cccc(C(F)(F)F)c4)C3)CC2)s1. The molecule has 39 heavy (non-hydrogen) atoms. The van der Waals surface area contributed by atoms with Gasteiger partial charge in [-0.3, -0.25) is 14.5 Å². The van der Waals surface area contributed by atoms with Gasteiger partial charge in [0.05, 0.1) is 24.1 Å². The van der Waals surface area contributed by atoms with Gasteiger partial charge in [-0.05, 0) is 50.3 Å². The van der Waals surface area contributed by atoms with E-state index < -0.39 is 34.5 Å². The van der Waals surface area contributed by atoms with Crippen LogP contribution in [0.2, 0.25) is 0 Å². The van der Waals surface area contributed by atoms with Crippen LogP contribution in [0.3, 0.4) is 0 Å². The van der Waals surface area contributed by atoms with Gasteiger partial charge in [-0.2, -0.15) is 13.2 Å². The Hall–Kier alpha value is -2.68. The normalized spacial score (nSPS) is 23.8. The van der Waals surface area contributed by atoms with E-state index in [2.05, 4.69) is 25.3 Å². The summed E-state index contributed by atoms with van der Waals surface area (Å²) in [7, 11) is 1.30. The second kappa shape index (κ2) is 12.2. The van der Waals surface area contributed by atoms with Gasteiger partial charge in [-0.15, -0.1) is 11.3 Å². The molecule has 0 radical (unpaired) electrons. The summed E-state index contributed by atoms with van der Waals surface area (Å²) in [5.41, 5.74) is -2.09. The van der Waals surface area contributed by atoms with E-state index in [0.29, 0.717) is 23.7 Å². The summed E-state index contributed by atoms with van der Waals surface area (Å²) in [5, 5.41) is 16.0. The Bertz CT molecular complexity index is 1200. The zero-order valence-electron chi connectivity index (χ0n) is 21.1. The third kappa shape index (κ3) is 7.50. The fraction of sp³-hybridized carbons (Fsp3) is 0.520. The van der Waals surface area contributed by atoms with Crippen LogP contribution in [0.15, 0.2) is 34.8 Å². The lowest BCUT2D eigenvalue weighted by atomic mass is 9.81. The predicted molar refractivity (Wildman–Crippen MR) is 138 cm³/mol. The maximum atomic E-state index is 12.9. The maximum absolute atomic E-state index is 12.9. The lowest BCUT2D eigenvalue weighted by molar-refractivity contribution is -0.137. The van der Waals surface area contributed by atoms with Gasteiger partial charge in [-0.25, -0.2) is 9.78 Å². The Balaban J connectivity index is 1.21. The van der Waals surface area contributed by atoms with Crippen molar-refractivity contribution in [3.63, 3.8) is 0 Å². The van der Waals surface area contributed by atoms with Crippen molar-refractivity contribution in [2.24, 2.45) is 0 Å². The molecule has 4 rings (SSSR count). The van der Waals surface area contributed by atoms with Gasteiger partial charge in [0.15, 0.2) is 4.34 Å². The Morgan fingerprint density at radius 3 is 2.69 bits per heavy atom. The summed E-state index contributed by atoms with van der Waals surface area (Å²) in [4.78, 5) is 43.3. The summed E-state index contributed by atoms with van der Waals surface area (Å²) in [5.74, 6) is -1.16. The molecule has 0 spiro atoms. The van der Waals surface area contributed by atoms with E-state index in [4.69, 9.17) is 0 Å². The number of alkyl halides is 3. The molecule has 2 aromatic rings. The molecule has 2 aliphatic rings. The highest BCUT2D eigenvalue weighted by Crippen LogP contribution is 2.42. The number of ether oxygens (including phenoxy) is 1. The van der Waals surface area contributed by atoms with Crippen molar-refractivity contribution in [3.05, 3.63) is 46.5 Å². The van der Waals surface area contributed by atoms with Crippen molar-refractivity contribution in [2.75, 3.05) is 26.7 Å². The van der Waals surface area contributed by atoms with Gasteiger partial charge >= 0.3 is 11.5 Å². The number of carbonyl (C=O) groups excluding carboxylic acids is 3. The number of hydrogen-bond acceptors (Lipinski definition) is 9. The molecule has 9 nitrogen and oxygen atoms in total. The van der Waals surface area contributed by atoms with Crippen LogP contribution in [0.4, 0.5) is 18.0 Å². The van der Waals surface area contributed by atoms with Crippen LogP contribution in [0.5, 0.6) is 0 Å². The molecule has 2 fully saturated rings. The van der Waals surface area contributed by atoms with Crippen LogP contribution in [0.1, 0.15) is 52.9 Å². The first kappa shape index (κ1) is 29.3. The molecular formula is C25H29F3N4O5S2. The fourth-order valence-electron chi connectivity index (χ4n) is 4.94. The zero-order valence-corrected chi connectivity index (χ0v) is 22.8. The smallest absolute Gasteiger partial charge is 0.416 e. The average molecular weight is 587 g/mol. The number of nitrogens with zero attached hydrogens (tertiary/aromatic N) is 2. The maximum Gasteiger partial charge on any atom is 0.416 e. The van der Waals surface area contributed by atoms with Crippen LogP contribution < -0.4 is 10.6 Å². The number of rotatable bonds is 7. The Labute approximate surface area is 231 Å². The lowest BCUT2D eigenvalue weighted by Crippen LogP contribution is -2.45. The van der Waals surface area contributed by atoms with E-state index >= 15 is 0 Å². The topological polar surface area (TPSA) is 121 Å². The van der Waals surface area contributed by atoms with E-state index in [9.17, 15) is 32.7 Å². The molecule has 14 heteroatoms. The molecule has 212 valence electrons. The number of carbonyl (C=O) groups is 3. The van der Waals surface area contributed by atoms with E-state index in [1.54, 1.807) is 6.20 Å². The molecule has 1 saturated heterocycles. The predicted octanol–water partition coefficient (Wildman–Crippen LogP) is 3.77. The summed E-state index contributed by atoms with van der Waals surface area (Å²) in [6.07, 6.45) is 0.423. The van der Waals surface area contributed by atoms with Crippen molar-refractivity contribution in [1.29, 1.82) is 0 Å². The number of amides is 2. The number of aliphatic hydroxyl groups is 1. The monoisotopic (exact) mass is 586 g/mol. The largest absolute Gasteiger partial charge is 0.461 e. The molecule has 0 unspecified atom stereocenters. The van der Waals surface area contributed by atoms with Crippen molar-refractivity contribution < 1.29 is 37.4 Å². The summed E-state index contributed by atoms with van der Waals surface area (Å²) in [6, 6.07) is 4.19.